The maximum atomic E-state index is 13.1. The van der Waals surface area contributed by atoms with Crippen LogP contribution in [-0.2, 0) is 5.41 Å². The van der Waals surface area contributed by atoms with Crippen LogP contribution in [0.15, 0.2) is 60.8 Å². The molecule has 1 aliphatic rings. The molecule has 0 radical (unpaired) electrons. The van der Waals surface area contributed by atoms with Crippen molar-refractivity contribution in [3.05, 3.63) is 77.5 Å². The molecule has 166 valence electrons. The Labute approximate surface area is 193 Å². The lowest BCUT2D eigenvalue weighted by molar-refractivity contribution is 0.102. The third-order valence-electron chi connectivity index (χ3n) is 6.48. The zero-order chi connectivity index (χ0) is 23.2. The molecule has 4 N–H and O–H groups in total. The maximum Gasteiger partial charge on any atom is 0.255 e. The fourth-order valence-electron chi connectivity index (χ4n) is 4.50. The third kappa shape index (κ3) is 4.00. The van der Waals surface area contributed by atoms with Crippen LogP contribution in [0.2, 0.25) is 0 Å². The van der Waals surface area contributed by atoms with Crippen LogP contribution in [-0.4, -0.2) is 22.4 Å². The Hall–Kier alpha value is -3.93. The molecule has 1 aromatic heterocycles. The highest BCUT2D eigenvalue weighted by Crippen LogP contribution is 2.38. The van der Waals surface area contributed by atoms with E-state index in [1.54, 1.807) is 6.20 Å². The highest BCUT2D eigenvalue weighted by molar-refractivity contribution is 6.05. The summed E-state index contributed by atoms with van der Waals surface area (Å²) in [5, 5.41) is 7.42. The third-order valence-corrected chi connectivity index (χ3v) is 6.48. The first-order valence-electron chi connectivity index (χ1n) is 11.1. The first-order chi connectivity index (χ1) is 15.8. The summed E-state index contributed by atoms with van der Waals surface area (Å²) >= 11 is 0. The van der Waals surface area contributed by atoms with E-state index in [2.05, 4.69) is 40.5 Å². The fourth-order valence-corrected chi connectivity index (χ4v) is 4.50. The Morgan fingerprint density at radius 2 is 1.94 bits per heavy atom. The summed E-state index contributed by atoms with van der Waals surface area (Å²) in [6.45, 7) is 7.49. The molecule has 0 spiro atoms. The fraction of sp³-hybridized carbons (Fsp3) is 0.222. The highest BCUT2D eigenvalue weighted by Gasteiger charge is 2.27. The quantitative estimate of drug-likeness (QED) is 0.392. The Morgan fingerprint density at radius 1 is 1.09 bits per heavy atom. The highest BCUT2D eigenvalue weighted by atomic mass is 16.1. The summed E-state index contributed by atoms with van der Waals surface area (Å²) in [7, 11) is 0. The van der Waals surface area contributed by atoms with Crippen LogP contribution < -0.4 is 16.4 Å². The van der Waals surface area contributed by atoms with Crippen molar-refractivity contribution in [3.63, 3.8) is 0 Å². The number of benzene rings is 3. The van der Waals surface area contributed by atoms with Gasteiger partial charge < -0.3 is 16.4 Å². The molecule has 0 unspecified atom stereocenters. The molecule has 0 saturated carbocycles. The summed E-state index contributed by atoms with van der Waals surface area (Å²) in [4.78, 5) is 21.4. The number of aromatic nitrogens is 2. The van der Waals surface area contributed by atoms with Crippen molar-refractivity contribution in [2.45, 2.75) is 32.6 Å². The van der Waals surface area contributed by atoms with Gasteiger partial charge in [0.05, 0.1) is 5.52 Å². The molecule has 3 aromatic carbocycles. The van der Waals surface area contributed by atoms with Crippen molar-refractivity contribution in [1.29, 1.82) is 0 Å². The summed E-state index contributed by atoms with van der Waals surface area (Å²) in [5.41, 5.74) is 13.5. The number of carbonyl (C=O) groups excluding carboxylic acids is 1. The summed E-state index contributed by atoms with van der Waals surface area (Å²) in [6.07, 6.45) is 2.81. The lowest BCUT2D eigenvalue weighted by Gasteiger charge is -2.33. The molecule has 0 atom stereocenters. The van der Waals surface area contributed by atoms with Crippen LogP contribution in [0.25, 0.3) is 22.0 Å². The largest absolute Gasteiger partial charge is 0.385 e. The van der Waals surface area contributed by atoms with Gasteiger partial charge in [-0.3, -0.25) is 4.79 Å². The van der Waals surface area contributed by atoms with Crippen molar-refractivity contribution in [2.75, 3.05) is 22.9 Å². The molecule has 1 aliphatic heterocycles. The number of amides is 1. The molecule has 0 bridgehead atoms. The molecule has 33 heavy (non-hydrogen) atoms. The van der Waals surface area contributed by atoms with Crippen LogP contribution >= 0.6 is 0 Å². The van der Waals surface area contributed by atoms with E-state index in [4.69, 9.17) is 5.73 Å². The monoisotopic (exact) mass is 437 g/mol. The van der Waals surface area contributed by atoms with Gasteiger partial charge in [-0.05, 0) is 77.4 Å². The molecule has 5 rings (SSSR count). The van der Waals surface area contributed by atoms with E-state index >= 15 is 0 Å². The summed E-state index contributed by atoms with van der Waals surface area (Å²) in [6, 6.07) is 17.8. The normalized spacial score (nSPS) is 14.4. The molecule has 1 amide bonds. The Balaban J connectivity index is 1.43. The first-order valence-corrected chi connectivity index (χ1v) is 11.1. The topological polar surface area (TPSA) is 92.9 Å². The van der Waals surface area contributed by atoms with E-state index in [1.165, 1.54) is 5.56 Å². The van der Waals surface area contributed by atoms with Crippen LogP contribution in [0.5, 0.6) is 0 Å². The Bertz CT molecular complexity index is 1390. The molecule has 2 heterocycles. The smallest absolute Gasteiger partial charge is 0.255 e. The van der Waals surface area contributed by atoms with Gasteiger partial charge in [0.2, 0.25) is 5.95 Å². The van der Waals surface area contributed by atoms with E-state index in [-0.39, 0.29) is 17.3 Å². The van der Waals surface area contributed by atoms with Crippen LogP contribution in [0.3, 0.4) is 0 Å². The van der Waals surface area contributed by atoms with Gasteiger partial charge in [0.15, 0.2) is 0 Å². The predicted molar refractivity (Wildman–Crippen MR) is 135 cm³/mol. The van der Waals surface area contributed by atoms with Crippen LogP contribution in [0, 0.1) is 6.92 Å². The van der Waals surface area contributed by atoms with Crippen molar-refractivity contribution in [3.8, 4) is 11.1 Å². The molecular weight excluding hydrogens is 410 g/mol. The number of nitrogens with one attached hydrogen (secondary N) is 2. The minimum absolute atomic E-state index is 0.131. The average molecular weight is 438 g/mol. The molecule has 6 heteroatoms. The molecular formula is C27H27N5O. The molecule has 0 saturated heterocycles. The predicted octanol–water partition coefficient (Wildman–Crippen LogP) is 5.53. The molecule has 6 nitrogen and oxygen atoms in total. The number of hydrogen-bond acceptors (Lipinski definition) is 5. The second kappa shape index (κ2) is 7.89. The van der Waals surface area contributed by atoms with Gasteiger partial charge in [-0.2, -0.15) is 0 Å². The lowest BCUT2D eigenvalue weighted by Crippen LogP contribution is -2.28. The number of nitrogens with two attached hydrogens (primary N) is 1. The zero-order valence-electron chi connectivity index (χ0n) is 19.1. The van der Waals surface area contributed by atoms with Gasteiger partial charge in [0.1, 0.15) is 0 Å². The van der Waals surface area contributed by atoms with E-state index in [0.29, 0.717) is 5.56 Å². The second-order valence-electron chi connectivity index (χ2n) is 9.31. The first kappa shape index (κ1) is 20.9. The van der Waals surface area contributed by atoms with Crippen LogP contribution in [0.4, 0.5) is 17.3 Å². The van der Waals surface area contributed by atoms with Gasteiger partial charge in [-0.1, -0.05) is 32.0 Å². The van der Waals surface area contributed by atoms with E-state index < -0.39 is 0 Å². The maximum absolute atomic E-state index is 13.1. The number of hydrogen-bond donors (Lipinski definition) is 3. The van der Waals surface area contributed by atoms with Crippen LogP contribution in [0.1, 0.15) is 41.8 Å². The number of anilines is 3. The van der Waals surface area contributed by atoms with E-state index in [1.807, 2.05) is 55.5 Å². The lowest BCUT2D eigenvalue weighted by atomic mass is 9.78. The number of fused-ring (bicyclic) bond motifs is 2. The Morgan fingerprint density at radius 3 is 2.79 bits per heavy atom. The molecule has 0 aliphatic carbocycles. The van der Waals surface area contributed by atoms with Gasteiger partial charge in [0, 0.05) is 35.1 Å². The number of carbonyl (C=O) groups is 1. The van der Waals surface area contributed by atoms with Crippen molar-refractivity contribution in [1.82, 2.24) is 9.97 Å². The number of rotatable bonds is 3. The zero-order valence-corrected chi connectivity index (χ0v) is 19.1. The standard InChI is InChI=1S/C27H27N5O/c1-16-4-5-18(13-21(16)17-6-9-23-19(12-17)15-30-26(28)32-23)25(33)31-20-7-8-22-24(14-20)29-11-10-27(22,2)3/h4-9,12-15,29H,10-11H2,1-3H3,(H,31,33)(H2,28,30,32). The molecule has 4 aromatic rings. The van der Waals surface area contributed by atoms with Crippen molar-refractivity contribution >= 4 is 34.1 Å². The second-order valence-corrected chi connectivity index (χ2v) is 9.31. The molecule has 0 fully saturated rings. The van der Waals surface area contributed by atoms with Gasteiger partial charge in [0.25, 0.3) is 5.91 Å². The SMILES string of the molecule is Cc1ccc(C(=O)Nc2ccc3c(c2)NCCC3(C)C)cc1-c1ccc2nc(N)ncc2c1. The number of aryl methyl sites for hydroxylation is 1. The minimum atomic E-state index is -0.136. The van der Waals surface area contributed by atoms with Gasteiger partial charge in [-0.25, -0.2) is 9.97 Å². The number of nitrogens with zero attached hydrogens (tertiary/aromatic N) is 2. The van der Waals surface area contributed by atoms with Crippen molar-refractivity contribution in [2.24, 2.45) is 0 Å². The average Bonchev–Trinajstić information content (AvgIpc) is 2.78. The van der Waals surface area contributed by atoms with Crippen molar-refractivity contribution < 1.29 is 4.79 Å². The number of nitrogen functional groups attached to an aromatic ring is 1. The Kier molecular flexibility index (Phi) is 5.01. The van der Waals surface area contributed by atoms with E-state index in [0.717, 1.165) is 51.9 Å². The van der Waals surface area contributed by atoms with Gasteiger partial charge >= 0.3 is 0 Å². The summed E-state index contributed by atoms with van der Waals surface area (Å²) < 4.78 is 0. The minimum Gasteiger partial charge on any atom is -0.385 e. The van der Waals surface area contributed by atoms with Gasteiger partial charge in [-0.15, -0.1) is 0 Å². The van der Waals surface area contributed by atoms with E-state index in [9.17, 15) is 4.79 Å². The summed E-state index contributed by atoms with van der Waals surface area (Å²) in [5.74, 6) is 0.120.